The number of nitrogens with one attached hydrogen (secondary N) is 2. The molecule has 1 aliphatic heterocycles. The molecule has 172 valence electrons. The number of halogens is 1. The molecule has 0 aromatic heterocycles. The van der Waals surface area contributed by atoms with Crippen molar-refractivity contribution in [1.29, 1.82) is 0 Å². The second kappa shape index (κ2) is 14.0. The van der Waals surface area contributed by atoms with Gasteiger partial charge in [0.25, 0.3) is 0 Å². The molecule has 2 N–H and O–H groups in total. The maximum absolute atomic E-state index is 11.1. The van der Waals surface area contributed by atoms with Crippen molar-refractivity contribution < 1.29 is 13.2 Å². The van der Waals surface area contributed by atoms with E-state index in [0.29, 0.717) is 13.2 Å². The van der Waals surface area contributed by atoms with Crippen molar-refractivity contribution in [2.75, 3.05) is 57.9 Å². The number of hydrogen-bond donors (Lipinski definition) is 2. The van der Waals surface area contributed by atoms with Gasteiger partial charge in [-0.2, -0.15) is 0 Å². The van der Waals surface area contributed by atoms with E-state index in [1.54, 1.807) is 0 Å². The van der Waals surface area contributed by atoms with Crippen LogP contribution in [0.25, 0.3) is 0 Å². The highest BCUT2D eigenvalue weighted by Crippen LogP contribution is 2.35. The van der Waals surface area contributed by atoms with Gasteiger partial charge < -0.3 is 15.4 Å². The average molecular weight is 545 g/mol. The number of sulfone groups is 1. The SMILES string of the molecule is CCNC(=NCC1(N2CCCCC2)CCCCC1)NCCOCCS(C)(=O)=O.I. The van der Waals surface area contributed by atoms with Gasteiger partial charge in [-0.05, 0) is 45.7 Å². The van der Waals surface area contributed by atoms with E-state index in [2.05, 4.69) is 22.5 Å². The van der Waals surface area contributed by atoms with Crippen LogP contribution >= 0.6 is 24.0 Å². The molecule has 2 rings (SSSR count). The fourth-order valence-corrected chi connectivity index (χ4v) is 4.70. The van der Waals surface area contributed by atoms with Gasteiger partial charge in [-0.1, -0.05) is 25.7 Å². The maximum atomic E-state index is 11.1. The first-order valence-corrected chi connectivity index (χ1v) is 13.0. The minimum Gasteiger partial charge on any atom is -0.379 e. The third-order valence-electron chi connectivity index (χ3n) is 5.82. The number of nitrogens with zero attached hydrogens (tertiary/aromatic N) is 2. The van der Waals surface area contributed by atoms with Crippen molar-refractivity contribution in [2.24, 2.45) is 4.99 Å². The van der Waals surface area contributed by atoms with E-state index in [1.165, 1.54) is 70.7 Å². The molecule has 2 aliphatic rings. The summed E-state index contributed by atoms with van der Waals surface area (Å²) in [5.74, 6) is 0.899. The molecule has 0 atom stereocenters. The van der Waals surface area contributed by atoms with Gasteiger partial charge in [0.1, 0.15) is 9.84 Å². The first-order chi connectivity index (χ1) is 13.5. The van der Waals surface area contributed by atoms with Gasteiger partial charge in [-0.25, -0.2) is 8.42 Å². The molecule has 1 saturated heterocycles. The quantitative estimate of drug-likeness (QED) is 0.190. The van der Waals surface area contributed by atoms with Gasteiger partial charge in [0.2, 0.25) is 0 Å². The number of hydrogen-bond acceptors (Lipinski definition) is 5. The molecule has 1 aliphatic carbocycles. The number of rotatable bonds is 10. The molecule has 0 aromatic rings. The lowest BCUT2D eigenvalue weighted by Crippen LogP contribution is -2.54. The summed E-state index contributed by atoms with van der Waals surface area (Å²) in [6.07, 6.45) is 11.7. The van der Waals surface area contributed by atoms with Crippen LogP contribution in [-0.4, -0.2) is 82.8 Å². The second-order valence-corrected chi connectivity index (χ2v) is 10.5. The van der Waals surface area contributed by atoms with Crippen molar-refractivity contribution in [1.82, 2.24) is 15.5 Å². The zero-order valence-corrected chi connectivity index (χ0v) is 21.4. The molecule has 0 unspecified atom stereocenters. The van der Waals surface area contributed by atoms with Crippen LogP contribution in [-0.2, 0) is 14.6 Å². The fraction of sp³-hybridized carbons (Fsp3) is 0.950. The minimum absolute atomic E-state index is 0. The van der Waals surface area contributed by atoms with Crippen molar-refractivity contribution in [2.45, 2.75) is 63.8 Å². The zero-order chi connectivity index (χ0) is 20.3. The molecule has 0 spiro atoms. The van der Waals surface area contributed by atoms with Gasteiger partial charge in [0.05, 0.1) is 25.5 Å². The highest BCUT2D eigenvalue weighted by Gasteiger charge is 2.38. The van der Waals surface area contributed by atoms with Crippen LogP contribution < -0.4 is 10.6 Å². The lowest BCUT2D eigenvalue weighted by Gasteiger charge is -2.47. The molecule has 0 bridgehead atoms. The second-order valence-electron chi connectivity index (χ2n) is 8.20. The van der Waals surface area contributed by atoms with Crippen LogP contribution in [0.2, 0.25) is 0 Å². The Hall–Kier alpha value is -0.130. The molecule has 9 heteroatoms. The van der Waals surface area contributed by atoms with Gasteiger partial charge >= 0.3 is 0 Å². The van der Waals surface area contributed by atoms with Crippen LogP contribution in [0.3, 0.4) is 0 Å². The first-order valence-electron chi connectivity index (χ1n) is 11.0. The molecule has 2 fully saturated rings. The number of piperidine rings is 1. The van der Waals surface area contributed by atoms with Crippen molar-refractivity contribution in [3.05, 3.63) is 0 Å². The Morgan fingerprint density at radius 1 is 1.03 bits per heavy atom. The van der Waals surface area contributed by atoms with Crippen LogP contribution in [0.1, 0.15) is 58.3 Å². The summed E-state index contributed by atoms with van der Waals surface area (Å²) in [6, 6.07) is 0. The predicted octanol–water partition coefficient (Wildman–Crippen LogP) is 2.41. The summed E-state index contributed by atoms with van der Waals surface area (Å²) in [4.78, 5) is 7.66. The Bertz CT molecular complexity index is 574. The summed E-state index contributed by atoms with van der Waals surface area (Å²) in [5, 5.41) is 6.65. The standard InChI is InChI=1S/C20H40N4O3S.HI/c1-3-21-19(22-12-15-27-16-17-28(2,25)26)23-18-20(10-6-4-7-11-20)24-13-8-5-9-14-24;/h3-18H2,1-2H3,(H2,21,22,23);1H. The smallest absolute Gasteiger partial charge is 0.191 e. The average Bonchev–Trinajstić information content (AvgIpc) is 2.69. The summed E-state index contributed by atoms with van der Waals surface area (Å²) >= 11 is 0. The topological polar surface area (TPSA) is 83.0 Å². The highest BCUT2D eigenvalue weighted by molar-refractivity contribution is 14.0. The Kier molecular flexibility index (Phi) is 13.0. The number of likely N-dealkylation sites (tertiary alicyclic amines) is 1. The van der Waals surface area contributed by atoms with Gasteiger partial charge in [0.15, 0.2) is 5.96 Å². The summed E-state index contributed by atoms with van der Waals surface area (Å²) in [6.45, 7) is 7.49. The van der Waals surface area contributed by atoms with Gasteiger partial charge in [-0.3, -0.25) is 9.89 Å². The monoisotopic (exact) mass is 544 g/mol. The molecule has 0 amide bonds. The van der Waals surface area contributed by atoms with Crippen molar-refractivity contribution in [3.8, 4) is 0 Å². The number of ether oxygens (including phenoxy) is 1. The Morgan fingerprint density at radius 3 is 2.31 bits per heavy atom. The molecular formula is C20H41IN4O3S. The minimum atomic E-state index is -2.96. The Morgan fingerprint density at radius 2 is 1.69 bits per heavy atom. The molecule has 1 heterocycles. The molecular weight excluding hydrogens is 503 g/mol. The molecule has 7 nitrogen and oxygen atoms in total. The summed E-state index contributed by atoms with van der Waals surface area (Å²) < 4.78 is 27.7. The van der Waals surface area contributed by atoms with Crippen LogP contribution in [0.5, 0.6) is 0 Å². The Balaban J connectivity index is 0.00000420. The molecule has 0 radical (unpaired) electrons. The molecule has 1 saturated carbocycles. The largest absolute Gasteiger partial charge is 0.379 e. The van der Waals surface area contributed by atoms with Crippen LogP contribution in [0, 0.1) is 0 Å². The molecule has 29 heavy (non-hydrogen) atoms. The highest BCUT2D eigenvalue weighted by atomic mass is 127. The van der Waals surface area contributed by atoms with Crippen molar-refractivity contribution >= 4 is 39.8 Å². The van der Waals surface area contributed by atoms with E-state index < -0.39 is 9.84 Å². The van der Waals surface area contributed by atoms with Crippen molar-refractivity contribution in [3.63, 3.8) is 0 Å². The van der Waals surface area contributed by atoms with E-state index in [0.717, 1.165) is 19.0 Å². The number of aliphatic imine (C=N–C) groups is 1. The Labute approximate surface area is 194 Å². The van der Waals surface area contributed by atoms with E-state index >= 15 is 0 Å². The summed E-state index contributed by atoms with van der Waals surface area (Å²) in [7, 11) is -2.96. The van der Waals surface area contributed by atoms with E-state index in [1.807, 2.05) is 0 Å². The summed E-state index contributed by atoms with van der Waals surface area (Å²) in [5.41, 5.74) is 0.229. The van der Waals surface area contributed by atoms with E-state index in [-0.39, 0.29) is 41.9 Å². The van der Waals surface area contributed by atoms with Gasteiger partial charge in [0, 0.05) is 24.9 Å². The normalized spacial score (nSPS) is 20.7. The van der Waals surface area contributed by atoms with E-state index in [9.17, 15) is 8.42 Å². The third kappa shape index (κ3) is 10.1. The maximum Gasteiger partial charge on any atom is 0.191 e. The molecule has 0 aromatic carbocycles. The van der Waals surface area contributed by atoms with Crippen LogP contribution in [0.4, 0.5) is 0 Å². The lowest BCUT2D eigenvalue weighted by atomic mass is 9.79. The van der Waals surface area contributed by atoms with Crippen LogP contribution in [0.15, 0.2) is 4.99 Å². The number of guanidine groups is 1. The van der Waals surface area contributed by atoms with E-state index in [4.69, 9.17) is 9.73 Å². The zero-order valence-electron chi connectivity index (χ0n) is 18.2. The fourth-order valence-electron chi connectivity index (χ4n) is 4.27. The predicted molar refractivity (Wildman–Crippen MR) is 131 cm³/mol. The first kappa shape index (κ1) is 26.9. The lowest BCUT2D eigenvalue weighted by molar-refractivity contribution is 0.0407. The third-order valence-corrected chi connectivity index (χ3v) is 6.73. The van der Waals surface area contributed by atoms with Gasteiger partial charge in [-0.15, -0.1) is 24.0 Å².